The van der Waals surface area contributed by atoms with Crippen LogP contribution < -0.4 is 5.32 Å². The fourth-order valence-corrected chi connectivity index (χ4v) is 1.69. The van der Waals surface area contributed by atoms with Crippen molar-refractivity contribution in [2.24, 2.45) is 5.92 Å². The summed E-state index contributed by atoms with van der Waals surface area (Å²) in [6.45, 7) is 2.89. The molecule has 5 heteroatoms. The third-order valence-electron chi connectivity index (χ3n) is 2.20. The van der Waals surface area contributed by atoms with Crippen LogP contribution in [0.15, 0.2) is 0 Å². The van der Waals surface area contributed by atoms with Gasteiger partial charge in [0.2, 0.25) is 0 Å². The molecule has 0 unspecified atom stereocenters. The highest BCUT2D eigenvalue weighted by molar-refractivity contribution is 9.25. The number of rotatable bonds is 3. The van der Waals surface area contributed by atoms with Crippen LogP contribution in [0.5, 0.6) is 0 Å². The maximum atomic E-state index is 11.1. The Morgan fingerprint density at radius 3 is 2.62 bits per heavy atom. The number of carbonyl (C=O) groups is 1. The summed E-state index contributed by atoms with van der Waals surface area (Å²) >= 11 is 6.20. The van der Waals surface area contributed by atoms with Crippen molar-refractivity contribution < 1.29 is 14.8 Å². The number of nitrogens with two attached hydrogens (primary N) is 1. The van der Waals surface area contributed by atoms with Gasteiger partial charge in [-0.05, 0) is 0 Å². The van der Waals surface area contributed by atoms with Gasteiger partial charge in [0, 0.05) is 18.8 Å². The molecule has 1 aliphatic heterocycles. The molecule has 0 saturated carbocycles. The Labute approximate surface area is 94.8 Å². The first-order chi connectivity index (χ1) is 6.20. The summed E-state index contributed by atoms with van der Waals surface area (Å²) in [6.07, 6.45) is 2.31. The van der Waals surface area contributed by atoms with Crippen molar-refractivity contribution >= 4 is 37.8 Å². The van der Waals surface area contributed by atoms with Gasteiger partial charge in [-0.15, -0.1) is 0 Å². The molecule has 0 aliphatic carbocycles. The average Bonchev–Trinajstić information content (AvgIpc) is 2.15. The quantitative estimate of drug-likeness (QED) is 0.613. The third-order valence-corrected chi connectivity index (χ3v) is 2.95. The van der Waals surface area contributed by atoms with Crippen LogP contribution in [-0.4, -0.2) is 29.4 Å². The van der Waals surface area contributed by atoms with Crippen molar-refractivity contribution in [3.8, 4) is 0 Å². The fraction of sp³-hybridized carbons (Fsp3) is 0.875. The van der Waals surface area contributed by atoms with E-state index in [4.69, 9.17) is 4.74 Å². The molecule has 1 aliphatic rings. The summed E-state index contributed by atoms with van der Waals surface area (Å²) in [5, 5.41) is 2.30. The number of piperidine rings is 1. The number of halogens is 2. The molecule has 76 valence electrons. The standard InChI is InChI=1S/C8H13Br2NO2/c9-7(10)8(12)13-5-6-1-3-11-4-2-6/h6-7,11H,1-5H2/p+1. The normalized spacial score (nSPS) is 19.0. The molecule has 1 saturated heterocycles. The van der Waals surface area contributed by atoms with Crippen LogP contribution in [-0.2, 0) is 9.53 Å². The maximum Gasteiger partial charge on any atom is 0.330 e. The number of quaternary nitrogens is 1. The molecule has 0 aromatic carbocycles. The van der Waals surface area contributed by atoms with Crippen LogP contribution in [0.3, 0.4) is 0 Å². The second-order valence-electron chi connectivity index (χ2n) is 3.24. The van der Waals surface area contributed by atoms with Gasteiger partial charge in [-0.3, -0.25) is 0 Å². The van der Waals surface area contributed by atoms with Crippen LogP contribution >= 0.6 is 31.9 Å². The van der Waals surface area contributed by atoms with Gasteiger partial charge in [0.25, 0.3) is 0 Å². The van der Waals surface area contributed by atoms with Crippen LogP contribution in [0.1, 0.15) is 12.8 Å². The summed E-state index contributed by atoms with van der Waals surface area (Å²) in [7, 11) is 0. The lowest BCUT2D eigenvalue weighted by molar-refractivity contribution is -0.665. The number of hydrogen-bond acceptors (Lipinski definition) is 2. The Morgan fingerprint density at radius 1 is 1.46 bits per heavy atom. The monoisotopic (exact) mass is 314 g/mol. The SMILES string of the molecule is O=C(OCC1CC[NH2+]CC1)C(Br)Br. The minimum atomic E-state index is -0.366. The zero-order chi connectivity index (χ0) is 9.68. The van der Waals surface area contributed by atoms with Crippen molar-refractivity contribution in [2.75, 3.05) is 19.7 Å². The number of hydrogen-bond donors (Lipinski definition) is 1. The molecule has 1 heterocycles. The molecule has 0 spiro atoms. The number of esters is 1. The molecule has 2 N–H and O–H groups in total. The highest BCUT2D eigenvalue weighted by Gasteiger charge is 2.19. The van der Waals surface area contributed by atoms with Gasteiger partial charge in [0.15, 0.2) is 3.74 Å². The van der Waals surface area contributed by atoms with E-state index in [1.165, 1.54) is 0 Å². The van der Waals surface area contributed by atoms with Crippen molar-refractivity contribution in [1.82, 2.24) is 0 Å². The molecule has 0 amide bonds. The van der Waals surface area contributed by atoms with Crippen molar-refractivity contribution in [1.29, 1.82) is 0 Å². The molecule has 0 radical (unpaired) electrons. The van der Waals surface area contributed by atoms with Gasteiger partial charge >= 0.3 is 5.97 Å². The van der Waals surface area contributed by atoms with Crippen molar-refractivity contribution in [3.63, 3.8) is 0 Å². The predicted molar refractivity (Wildman–Crippen MR) is 57.0 cm³/mol. The summed E-state index contributed by atoms with van der Waals surface area (Å²) in [5.41, 5.74) is 0. The van der Waals surface area contributed by atoms with Gasteiger partial charge in [-0.25, -0.2) is 4.79 Å². The van der Waals surface area contributed by atoms with E-state index in [9.17, 15) is 4.79 Å². The van der Waals surface area contributed by atoms with E-state index < -0.39 is 0 Å². The number of alkyl halides is 2. The van der Waals surface area contributed by atoms with Crippen LogP contribution in [0.2, 0.25) is 0 Å². The van der Waals surface area contributed by atoms with E-state index in [1.807, 2.05) is 0 Å². The molecule has 0 aromatic heterocycles. The van der Waals surface area contributed by atoms with Gasteiger partial charge in [0.05, 0.1) is 19.7 Å². The Hall–Kier alpha value is 0.390. The first kappa shape index (κ1) is 11.5. The van der Waals surface area contributed by atoms with Gasteiger partial charge in [-0.2, -0.15) is 0 Å². The largest absolute Gasteiger partial charge is 0.464 e. The zero-order valence-electron chi connectivity index (χ0n) is 7.34. The second kappa shape index (κ2) is 5.98. The lowest BCUT2D eigenvalue weighted by Gasteiger charge is -2.19. The highest BCUT2D eigenvalue weighted by Crippen LogP contribution is 2.13. The Morgan fingerprint density at radius 2 is 2.08 bits per heavy atom. The minimum absolute atomic E-state index is 0.227. The van der Waals surface area contributed by atoms with Gasteiger partial charge < -0.3 is 10.1 Å². The van der Waals surface area contributed by atoms with E-state index >= 15 is 0 Å². The van der Waals surface area contributed by atoms with Crippen LogP contribution in [0, 0.1) is 5.92 Å². The molecular weight excluding hydrogens is 302 g/mol. The highest BCUT2D eigenvalue weighted by atomic mass is 79.9. The summed E-state index contributed by atoms with van der Waals surface area (Å²) < 4.78 is 4.73. The topological polar surface area (TPSA) is 42.9 Å². The molecular formula is C8H14Br2NO2+. The van der Waals surface area contributed by atoms with E-state index in [1.54, 1.807) is 0 Å². The van der Waals surface area contributed by atoms with Crippen LogP contribution in [0.25, 0.3) is 0 Å². The van der Waals surface area contributed by atoms with E-state index in [2.05, 4.69) is 37.2 Å². The lowest BCUT2D eigenvalue weighted by Crippen LogP contribution is -2.86. The molecule has 1 rings (SSSR count). The smallest absolute Gasteiger partial charge is 0.330 e. The summed E-state index contributed by atoms with van der Waals surface area (Å²) in [4.78, 5) is 11.1. The van der Waals surface area contributed by atoms with Crippen molar-refractivity contribution in [3.05, 3.63) is 0 Å². The molecule has 0 atom stereocenters. The average molecular weight is 316 g/mol. The molecule has 3 nitrogen and oxygen atoms in total. The summed E-state index contributed by atoms with van der Waals surface area (Å²) in [5.74, 6) is 0.335. The molecule has 13 heavy (non-hydrogen) atoms. The third kappa shape index (κ3) is 4.42. The Balaban J connectivity index is 2.13. The molecule has 0 aromatic rings. The first-order valence-corrected chi connectivity index (χ1v) is 6.29. The maximum absolute atomic E-state index is 11.1. The first-order valence-electron chi connectivity index (χ1n) is 4.46. The Kier molecular flexibility index (Phi) is 5.28. The molecule has 0 bridgehead atoms. The molecule has 1 fully saturated rings. The minimum Gasteiger partial charge on any atom is -0.464 e. The van der Waals surface area contributed by atoms with Crippen LogP contribution in [0.4, 0.5) is 0 Å². The van der Waals surface area contributed by atoms with Gasteiger partial charge in [0.1, 0.15) is 0 Å². The van der Waals surface area contributed by atoms with E-state index in [0.29, 0.717) is 12.5 Å². The number of ether oxygens (including phenoxy) is 1. The predicted octanol–water partition coefficient (Wildman–Crippen LogP) is 0.619. The number of carbonyl (C=O) groups excluding carboxylic acids is 1. The zero-order valence-corrected chi connectivity index (χ0v) is 10.5. The van der Waals surface area contributed by atoms with Gasteiger partial charge in [-0.1, -0.05) is 31.9 Å². The van der Waals surface area contributed by atoms with Crippen molar-refractivity contribution in [2.45, 2.75) is 16.6 Å². The lowest BCUT2D eigenvalue weighted by atomic mass is 9.99. The second-order valence-corrected chi connectivity index (χ2v) is 6.30. The Bertz CT molecular complexity index is 170. The van der Waals surface area contributed by atoms with E-state index in [0.717, 1.165) is 25.9 Å². The summed E-state index contributed by atoms with van der Waals surface area (Å²) in [6, 6.07) is 0. The van der Waals surface area contributed by atoms with E-state index in [-0.39, 0.29) is 9.71 Å². The fourth-order valence-electron chi connectivity index (χ4n) is 1.43.